The lowest BCUT2D eigenvalue weighted by atomic mass is 10.0. The van der Waals surface area contributed by atoms with Crippen molar-refractivity contribution in [3.63, 3.8) is 0 Å². The smallest absolute Gasteiger partial charge is 0.276 e. The van der Waals surface area contributed by atoms with E-state index in [2.05, 4.69) is 24.1 Å². The van der Waals surface area contributed by atoms with E-state index in [9.17, 15) is 18.4 Å². The Bertz CT molecular complexity index is 1150. The number of aryl methyl sites for hydroxylation is 1. The van der Waals surface area contributed by atoms with Gasteiger partial charge >= 0.3 is 0 Å². The first kappa shape index (κ1) is 29.2. The average molecular weight is 515 g/mol. The Morgan fingerprint density at radius 2 is 1.64 bits per heavy atom. The van der Waals surface area contributed by atoms with Crippen LogP contribution in [0, 0.1) is 18.8 Å². The predicted molar refractivity (Wildman–Crippen MR) is 143 cm³/mol. The molecule has 0 radical (unpaired) electrons. The lowest BCUT2D eigenvalue weighted by Gasteiger charge is -2.15. The van der Waals surface area contributed by atoms with E-state index < -0.39 is 21.6 Å². The molecule has 3 N–H and O–H groups in total. The summed E-state index contributed by atoms with van der Waals surface area (Å²) in [5, 5.41) is 12.1. The number of nitrogens with one attached hydrogen (secondary N) is 2. The lowest BCUT2D eigenvalue weighted by Crippen LogP contribution is -2.23. The molecule has 0 aliphatic heterocycles. The summed E-state index contributed by atoms with van der Waals surface area (Å²) in [4.78, 5) is 12.5. The van der Waals surface area contributed by atoms with E-state index in [1.165, 1.54) is 57.8 Å². The van der Waals surface area contributed by atoms with Gasteiger partial charge in [-0.3, -0.25) is 10.0 Å². The lowest BCUT2D eigenvalue weighted by molar-refractivity contribution is 0.0707. The van der Waals surface area contributed by atoms with Crippen molar-refractivity contribution in [1.29, 1.82) is 0 Å². The molecule has 0 heterocycles. The van der Waals surface area contributed by atoms with Crippen molar-refractivity contribution < 1.29 is 23.2 Å². The van der Waals surface area contributed by atoms with Crippen molar-refractivity contribution in [2.75, 3.05) is 18.3 Å². The van der Waals surface area contributed by atoms with Crippen molar-refractivity contribution in [3.8, 4) is 17.6 Å². The van der Waals surface area contributed by atoms with Gasteiger partial charge in [-0.05, 0) is 55.3 Å². The highest BCUT2D eigenvalue weighted by Gasteiger charge is 2.19. The summed E-state index contributed by atoms with van der Waals surface area (Å²) in [5.41, 5.74) is 3.37. The molecule has 0 aliphatic carbocycles. The van der Waals surface area contributed by atoms with Crippen LogP contribution in [0.5, 0.6) is 5.75 Å². The number of hydroxylamine groups is 1. The molecule has 0 bridgehead atoms. The molecular weight excluding hydrogens is 476 g/mol. The molecule has 0 saturated carbocycles. The molecule has 0 saturated heterocycles. The molecule has 7 nitrogen and oxygen atoms in total. The summed E-state index contributed by atoms with van der Waals surface area (Å²) in [6.45, 7) is 3.98. The highest BCUT2D eigenvalue weighted by molar-refractivity contribution is 7.91. The van der Waals surface area contributed by atoms with Gasteiger partial charge < -0.3 is 10.1 Å². The van der Waals surface area contributed by atoms with Crippen LogP contribution in [0.2, 0.25) is 0 Å². The Morgan fingerprint density at radius 3 is 2.25 bits per heavy atom. The first-order valence-corrected chi connectivity index (χ1v) is 14.2. The summed E-state index contributed by atoms with van der Waals surface area (Å²) < 4.78 is 30.6. The zero-order valence-electron chi connectivity index (χ0n) is 21.5. The van der Waals surface area contributed by atoms with Gasteiger partial charge in [0, 0.05) is 12.0 Å². The van der Waals surface area contributed by atoms with Crippen LogP contribution in [0.3, 0.4) is 0 Å². The van der Waals surface area contributed by atoms with Gasteiger partial charge in [0.25, 0.3) is 5.91 Å². The third-order valence-electron chi connectivity index (χ3n) is 5.93. The standard InChI is InChI=1S/C28H38N2O5S/c1-4-5-6-7-8-9-10-11-12-13-14-23-19-22(2)27(26(20-23)28(31)30-32)29-21-36(33,34)25-17-15-24(35-3)16-18-25/h15-20,29,32H,4-12,21H2,1-3H3,(H,30,31). The molecule has 2 rings (SSSR count). The van der Waals surface area contributed by atoms with E-state index in [-0.39, 0.29) is 10.5 Å². The monoisotopic (exact) mass is 514 g/mol. The second-order valence-corrected chi connectivity index (χ2v) is 10.8. The van der Waals surface area contributed by atoms with E-state index in [1.54, 1.807) is 36.7 Å². The Labute approximate surface area is 215 Å². The first-order chi connectivity index (χ1) is 17.3. The molecule has 1 amide bonds. The Hall–Kier alpha value is -3.02. The molecular formula is C28H38N2O5S. The maximum atomic E-state index is 12.8. The summed E-state index contributed by atoms with van der Waals surface area (Å²) in [7, 11) is -2.17. The van der Waals surface area contributed by atoms with Crippen LogP contribution in [-0.4, -0.2) is 32.5 Å². The number of unbranched alkanes of at least 4 members (excludes halogenated alkanes) is 8. The number of ether oxygens (including phenoxy) is 1. The summed E-state index contributed by atoms with van der Waals surface area (Å²) in [5.74, 6) is 5.64. The SMILES string of the molecule is CCCCCCCCCCC#Cc1cc(C)c(NCS(=O)(=O)c2ccc(OC)cc2)c(C(=O)NO)c1. The van der Waals surface area contributed by atoms with Gasteiger partial charge in [0.2, 0.25) is 0 Å². The number of hydrogen-bond acceptors (Lipinski definition) is 6. The van der Waals surface area contributed by atoms with Crippen molar-refractivity contribution in [1.82, 2.24) is 5.48 Å². The van der Waals surface area contributed by atoms with Crippen LogP contribution in [0.15, 0.2) is 41.3 Å². The quantitative estimate of drug-likeness (QED) is 0.126. The van der Waals surface area contributed by atoms with E-state index >= 15 is 0 Å². The number of carbonyl (C=O) groups excluding carboxylic acids is 1. The fourth-order valence-electron chi connectivity index (χ4n) is 3.88. The number of benzene rings is 2. The van der Waals surface area contributed by atoms with Crippen LogP contribution in [0.4, 0.5) is 5.69 Å². The molecule has 0 aromatic heterocycles. The van der Waals surface area contributed by atoms with E-state index in [0.29, 0.717) is 22.6 Å². The van der Waals surface area contributed by atoms with Gasteiger partial charge in [-0.15, -0.1) is 0 Å². The van der Waals surface area contributed by atoms with Crippen LogP contribution in [0.25, 0.3) is 0 Å². The fraction of sp³-hybridized carbons (Fsp3) is 0.464. The minimum atomic E-state index is -3.68. The van der Waals surface area contributed by atoms with Crippen LogP contribution in [0.1, 0.15) is 86.2 Å². The minimum absolute atomic E-state index is 0.124. The highest BCUT2D eigenvalue weighted by Crippen LogP contribution is 2.24. The second-order valence-electron chi connectivity index (χ2n) is 8.79. The second kappa shape index (κ2) is 15.2. The Balaban J connectivity index is 2.04. The topological polar surface area (TPSA) is 105 Å². The number of hydrogen-bond donors (Lipinski definition) is 3. The van der Waals surface area contributed by atoms with Crippen molar-refractivity contribution in [2.24, 2.45) is 0 Å². The largest absolute Gasteiger partial charge is 0.497 e. The fourth-order valence-corrected chi connectivity index (χ4v) is 4.93. The molecule has 0 unspecified atom stereocenters. The molecule has 0 atom stereocenters. The zero-order valence-corrected chi connectivity index (χ0v) is 22.3. The minimum Gasteiger partial charge on any atom is -0.497 e. The van der Waals surface area contributed by atoms with Crippen LogP contribution < -0.4 is 15.5 Å². The maximum absolute atomic E-state index is 12.8. The normalized spacial score (nSPS) is 10.9. The molecule has 2 aromatic carbocycles. The van der Waals surface area contributed by atoms with E-state index in [1.807, 2.05) is 0 Å². The molecule has 0 aliphatic rings. The molecule has 8 heteroatoms. The van der Waals surface area contributed by atoms with Gasteiger partial charge in [-0.2, -0.15) is 0 Å². The molecule has 196 valence electrons. The number of amides is 1. The van der Waals surface area contributed by atoms with Crippen molar-refractivity contribution in [3.05, 3.63) is 53.1 Å². The summed E-state index contributed by atoms with van der Waals surface area (Å²) >= 11 is 0. The summed E-state index contributed by atoms with van der Waals surface area (Å²) in [6.07, 6.45) is 10.7. The maximum Gasteiger partial charge on any atom is 0.276 e. The number of rotatable bonds is 14. The Kier molecular flexibility index (Phi) is 12.3. The molecule has 2 aromatic rings. The molecule has 0 fully saturated rings. The number of sulfone groups is 1. The van der Waals surface area contributed by atoms with Crippen molar-refractivity contribution in [2.45, 2.75) is 76.5 Å². The highest BCUT2D eigenvalue weighted by atomic mass is 32.2. The third-order valence-corrected chi connectivity index (χ3v) is 7.44. The van der Waals surface area contributed by atoms with Crippen molar-refractivity contribution >= 4 is 21.4 Å². The van der Waals surface area contributed by atoms with Crippen LogP contribution >= 0.6 is 0 Å². The number of carbonyl (C=O) groups is 1. The molecule has 36 heavy (non-hydrogen) atoms. The van der Waals surface area contributed by atoms with E-state index in [0.717, 1.165) is 19.3 Å². The van der Waals surface area contributed by atoms with Gasteiger partial charge in [-0.25, -0.2) is 13.9 Å². The first-order valence-electron chi connectivity index (χ1n) is 12.5. The van der Waals surface area contributed by atoms with Gasteiger partial charge in [0.1, 0.15) is 11.6 Å². The summed E-state index contributed by atoms with van der Waals surface area (Å²) in [6, 6.07) is 9.44. The van der Waals surface area contributed by atoms with E-state index in [4.69, 9.17) is 4.74 Å². The number of methoxy groups -OCH3 is 1. The third kappa shape index (κ3) is 9.21. The van der Waals surface area contributed by atoms with Gasteiger partial charge in [0.15, 0.2) is 9.84 Å². The predicted octanol–water partition coefficient (Wildman–Crippen LogP) is 5.85. The van der Waals surface area contributed by atoms with Gasteiger partial charge in [0.05, 0.1) is 23.3 Å². The van der Waals surface area contributed by atoms with Crippen LogP contribution in [-0.2, 0) is 9.84 Å². The molecule has 0 spiro atoms. The average Bonchev–Trinajstić information content (AvgIpc) is 2.88. The number of anilines is 1. The van der Waals surface area contributed by atoms with Gasteiger partial charge in [-0.1, -0.05) is 63.7 Å². The zero-order chi connectivity index (χ0) is 26.4. The Morgan fingerprint density at radius 1 is 1.00 bits per heavy atom.